The Bertz CT molecular complexity index is 804. The fourth-order valence-electron chi connectivity index (χ4n) is 3.63. The molecule has 1 heterocycles. The highest BCUT2D eigenvalue weighted by atomic mass is 16.5. The first-order valence-corrected chi connectivity index (χ1v) is 10.2. The first-order chi connectivity index (χ1) is 14.2. The summed E-state index contributed by atoms with van der Waals surface area (Å²) in [6.07, 6.45) is 3.82. The molecule has 0 bridgehead atoms. The van der Waals surface area contributed by atoms with Gasteiger partial charge in [-0.05, 0) is 42.9 Å². The van der Waals surface area contributed by atoms with E-state index in [9.17, 15) is 9.59 Å². The van der Waals surface area contributed by atoms with Crippen molar-refractivity contribution in [3.63, 3.8) is 0 Å². The van der Waals surface area contributed by atoms with Crippen LogP contribution in [0.4, 0.5) is 4.79 Å². The van der Waals surface area contributed by atoms with Gasteiger partial charge in [0.25, 0.3) is 0 Å². The number of nitrogens with zero attached hydrogens (tertiary/aromatic N) is 1. The maximum atomic E-state index is 13.1. The van der Waals surface area contributed by atoms with Crippen LogP contribution in [0.3, 0.4) is 0 Å². The summed E-state index contributed by atoms with van der Waals surface area (Å²) in [5.41, 5.74) is 1.82. The van der Waals surface area contributed by atoms with Crippen LogP contribution in [0.1, 0.15) is 36.4 Å². The van der Waals surface area contributed by atoms with Crippen LogP contribution in [0.25, 0.3) is 0 Å². The van der Waals surface area contributed by atoms with E-state index in [1.165, 1.54) is 0 Å². The van der Waals surface area contributed by atoms with Crippen molar-refractivity contribution in [2.24, 2.45) is 0 Å². The molecule has 154 valence electrons. The normalized spacial score (nSPS) is 14.7. The zero-order chi connectivity index (χ0) is 20.5. The van der Waals surface area contributed by atoms with Gasteiger partial charge in [-0.15, -0.1) is 0 Å². The van der Waals surface area contributed by atoms with E-state index >= 15 is 0 Å². The minimum atomic E-state index is -0.680. The number of carbonyl (C=O) groups excluding carboxylic acids is 2. The van der Waals surface area contributed by atoms with E-state index in [1.807, 2.05) is 59.5 Å². The molecule has 0 aromatic heterocycles. The van der Waals surface area contributed by atoms with Crippen LogP contribution in [-0.2, 0) is 11.2 Å². The summed E-state index contributed by atoms with van der Waals surface area (Å²) in [4.78, 5) is 27.5. The minimum absolute atomic E-state index is 0.0456. The van der Waals surface area contributed by atoms with Crippen molar-refractivity contribution in [2.45, 2.75) is 31.7 Å². The highest BCUT2D eigenvalue weighted by Gasteiger charge is 2.28. The standard InChI is InChI=1S/C23H29N3O3/c1-29-20-13-7-6-10-18(20)14-15-24-23(28)25-21(19-11-4-2-5-12-19)22(27)26-16-8-3-9-17-26/h2,4-7,10-13,21H,3,8-9,14-17H2,1H3,(H2,24,25,28). The molecular formula is C23H29N3O3. The van der Waals surface area contributed by atoms with Crippen LogP contribution in [0, 0.1) is 0 Å². The van der Waals surface area contributed by atoms with Crippen molar-refractivity contribution < 1.29 is 14.3 Å². The van der Waals surface area contributed by atoms with Crippen LogP contribution in [0.2, 0.25) is 0 Å². The molecule has 0 saturated carbocycles. The lowest BCUT2D eigenvalue weighted by atomic mass is 10.0. The molecule has 3 rings (SSSR count). The van der Waals surface area contributed by atoms with Gasteiger partial charge in [0, 0.05) is 19.6 Å². The van der Waals surface area contributed by atoms with Crippen LogP contribution >= 0.6 is 0 Å². The lowest BCUT2D eigenvalue weighted by molar-refractivity contribution is -0.134. The Labute approximate surface area is 172 Å². The molecule has 1 aliphatic heterocycles. The second-order valence-corrected chi connectivity index (χ2v) is 7.19. The number of likely N-dealkylation sites (tertiary alicyclic amines) is 1. The Kier molecular flexibility index (Phi) is 7.50. The smallest absolute Gasteiger partial charge is 0.315 e. The van der Waals surface area contributed by atoms with Gasteiger partial charge < -0.3 is 20.3 Å². The number of benzene rings is 2. The number of para-hydroxylation sites is 1. The fourth-order valence-corrected chi connectivity index (χ4v) is 3.63. The predicted octanol–water partition coefficient (Wildman–Crippen LogP) is 3.29. The van der Waals surface area contributed by atoms with Crippen molar-refractivity contribution >= 4 is 11.9 Å². The Morgan fingerprint density at radius 2 is 1.69 bits per heavy atom. The summed E-state index contributed by atoms with van der Waals surface area (Å²) in [7, 11) is 1.63. The molecule has 3 amide bonds. The molecule has 0 radical (unpaired) electrons. The number of urea groups is 1. The van der Waals surface area contributed by atoms with Crippen molar-refractivity contribution in [1.29, 1.82) is 0 Å². The largest absolute Gasteiger partial charge is 0.496 e. The number of hydrogen-bond acceptors (Lipinski definition) is 3. The quantitative estimate of drug-likeness (QED) is 0.756. The summed E-state index contributed by atoms with van der Waals surface area (Å²) >= 11 is 0. The molecule has 0 spiro atoms. The van der Waals surface area contributed by atoms with Crippen molar-refractivity contribution in [3.8, 4) is 5.75 Å². The third kappa shape index (κ3) is 5.73. The average molecular weight is 396 g/mol. The van der Waals surface area contributed by atoms with E-state index in [1.54, 1.807) is 7.11 Å². The van der Waals surface area contributed by atoms with Crippen LogP contribution in [0.15, 0.2) is 54.6 Å². The molecule has 1 unspecified atom stereocenters. The maximum Gasteiger partial charge on any atom is 0.315 e. The summed E-state index contributed by atoms with van der Waals surface area (Å²) in [5, 5.41) is 5.74. The molecule has 1 fully saturated rings. The van der Waals surface area contributed by atoms with Gasteiger partial charge in [0.15, 0.2) is 0 Å². The van der Waals surface area contributed by atoms with Crippen LogP contribution in [0.5, 0.6) is 5.75 Å². The molecule has 0 aliphatic carbocycles. The summed E-state index contributed by atoms with van der Waals surface area (Å²) in [6, 6.07) is 16.1. The van der Waals surface area contributed by atoms with Crippen LogP contribution in [-0.4, -0.2) is 43.6 Å². The van der Waals surface area contributed by atoms with Gasteiger partial charge in [-0.1, -0.05) is 48.5 Å². The van der Waals surface area contributed by atoms with Crippen LogP contribution < -0.4 is 15.4 Å². The maximum absolute atomic E-state index is 13.1. The van der Waals surface area contributed by atoms with Crippen molar-refractivity contribution in [1.82, 2.24) is 15.5 Å². The highest BCUT2D eigenvalue weighted by molar-refractivity contribution is 5.88. The third-order valence-corrected chi connectivity index (χ3v) is 5.20. The molecule has 2 aromatic carbocycles. The monoisotopic (exact) mass is 395 g/mol. The Hall–Kier alpha value is -3.02. The van der Waals surface area contributed by atoms with Gasteiger partial charge in [-0.25, -0.2) is 4.79 Å². The Morgan fingerprint density at radius 1 is 1.00 bits per heavy atom. The van der Waals surface area contributed by atoms with Crippen molar-refractivity contribution in [2.75, 3.05) is 26.7 Å². The molecule has 1 atom stereocenters. The molecule has 1 aliphatic rings. The number of amides is 3. The van der Waals surface area contributed by atoms with Gasteiger partial charge in [0.1, 0.15) is 11.8 Å². The second-order valence-electron chi connectivity index (χ2n) is 7.19. The Morgan fingerprint density at radius 3 is 2.41 bits per heavy atom. The predicted molar refractivity (Wildman–Crippen MR) is 113 cm³/mol. The minimum Gasteiger partial charge on any atom is -0.496 e. The number of carbonyl (C=O) groups is 2. The molecule has 6 heteroatoms. The van der Waals surface area contributed by atoms with Gasteiger partial charge >= 0.3 is 6.03 Å². The van der Waals surface area contributed by atoms with E-state index in [4.69, 9.17) is 4.74 Å². The number of rotatable bonds is 7. The average Bonchev–Trinajstić information content (AvgIpc) is 2.78. The van der Waals surface area contributed by atoms with E-state index < -0.39 is 6.04 Å². The second kappa shape index (κ2) is 10.5. The topological polar surface area (TPSA) is 70.7 Å². The molecule has 1 saturated heterocycles. The Balaban J connectivity index is 1.61. The van der Waals surface area contributed by atoms with Gasteiger partial charge in [0.05, 0.1) is 7.11 Å². The van der Waals surface area contributed by atoms with E-state index in [-0.39, 0.29) is 11.9 Å². The number of ether oxygens (including phenoxy) is 1. The number of methoxy groups -OCH3 is 1. The molecule has 2 N–H and O–H groups in total. The zero-order valence-electron chi connectivity index (χ0n) is 16.9. The number of piperidine rings is 1. The summed E-state index contributed by atoms with van der Waals surface area (Å²) < 4.78 is 5.35. The van der Waals surface area contributed by atoms with E-state index in [0.29, 0.717) is 13.0 Å². The lowest BCUT2D eigenvalue weighted by Crippen LogP contribution is -2.47. The van der Waals surface area contributed by atoms with E-state index in [0.717, 1.165) is 49.2 Å². The third-order valence-electron chi connectivity index (χ3n) is 5.20. The molecule has 29 heavy (non-hydrogen) atoms. The van der Waals surface area contributed by atoms with Gasteiger partial charge in [-0.3, -0.25) is 4.79 Å². The van der Waals surface area contributed by atoms with Gasteiger partial charge in [-0.2, -0.15) is 0 Å². The number of nitrogens with one attached hydrogen (secondary N) is 2. The molecule has 2 aromatic rings. The molecular weight excluding hydrogens is 366 g/mol. The number of hydrogen-bond donors (Lipinski definition) is 2. The zero-order valence-corrected chi connectivity index (χ0v) is 16.9. The summed E-state index contributed by atoms with van der Waals surface area (Å²) in [6.45, 7) is 1.95. The van der Waals surface area contributed by atoms with Crippen molar-refractivity contribution in [3.05, 3.63) is 65.7 Å². The van der Waals surface area contributed by atoms with Gasteiger partial charge in [0.2, 0.25) is 5.91 Å². The highest BCUT2D eigenvalue weighted by Crippen LogP contribution is 2.19. The fraction of sp³-hybridized carbons (Fsp3) is 0.391. The first kappa shape index (κ1) is 20.7. The SMILES string of the molecule is COc1ccccc1CCNC(=O)NC(C(=O)N1CCCCC1)c1ccccc1. The van der Waals surface area contributed by atoms with E-state index in [2.05, 4.69) is 10.6 Å². The lowest BCUT2D eigenvalue weighted by Gasteiger charge is -2.31. The molecule has 6 nitrogen and oxygen atoms in total. The first-order valence-electron chi connectivity index (χ1n) is 10.2. The summed E-state index contributed by atoms with van der Waals surface area (Å²) in [5.74, 6) is 0.757.